The topological polar surface area (TPSA) is 262 Å². The first-order chi connectivity index (χ1) is 20.8. The van der Waals surface area contributed by atoms with Crippen molar-refractivity contribution in [3.63, 3.8) is 0 Å². The zero-order valence-corrected chi connectivity index (χ0v) is 24.6. The Kier molecular flexibility index (Phi) is 18.2. The number of nitrogens with one attached hydrogen (secondary N) is 1. The van der Waals surface area contributed by atoms with E-state index in [2.05, 4.69) is 10.1 Å². The first kappa shape index (κ1) is 40.3. The maximum atomic E-state index is 11.7. The molecular weight excluding hydrogens is 679 g/mol. The summed E-state index contributed by atoms with van der Waals surface area (Å²) in [6.07, 6.45) is -2.13. The second-order valence-electron chi connectivity index (χ2n) is 7.91. The third-order valence-electron chi connectivity index (χ3n) is 4.45. The summed E-state index contributed by atoms with van der Waals surface area (Å²) in [4.78, 5) is 73.7. The molecule has 0 aromatic heterocycles. The summed E-state index contributed by atoms with van der Waals surface area (Å²) in [5, 5.41) is 51.1. The number of anilines is 1. The molecule has 0 radical (unpaired) electrons. The van der Waals surface area contributed by atoms with Gasteiger partial charge < -0.3 is 40.7 Å². The SMILES string of the molecule is O=C(O)CC(=O)Nc1ccc(Cl)c(Cl)c1.O=C(O)CC(SC(CC(=O)O)C(=O)O)C(=O)O.O=C(O)c1ccccc1OC(F)F. The summed E-state index contributed by atoms with van der Waals surface area (Å²) >= 11 is 11.7. The second-order valence-corrected chi connectivity index (χ2v) is 10.1. The number of amides is 1. The number of hydrogen-bond acceptors (Lipinski definition) is 9. The Morgan fingerprint density at radius 3 is 1.67 bits per heavy atom. The second kappa shape index (κ2) is 20.3. The lowest BCUT2D eigenvalue weighted by Gasteiger charge is -2.14. The van der Waals surface area contributed by atoms with Gasteiger partial charge in [0.05, 0.1) is 22.9 Å². The molecule has 7 N–H and O–H groups in total. The van der Waals surface area contributed by atoms with Crippen LogP contribution in [0.3, 0.4) is 0 Å². The maximum Gasteiger partial charge on any atom is 0.387 e. The molecule has 0 aliphatic rings. The van der Waals surface area contributed by atoms with Gasteiger partial charge in [-0.3, -0.25) is 28.8 Å². The van der Waals surface area contributed by atoms with Crippen LogP contribution >= 0.6 is 35.0 Å². The van der Waals surface area contributed by atoms with E-state index in [1.807, 2.05) is 0 Å². The van der Waals surface area contributed by atoms with E-state index in [0.717, 1.165) is 0 Å². The monoisotopic (exact) mass is 701 g/mol. The number of benzene rings is 2. The van der Waals surface area contributed by atoms with E-state index < -0.39 is 78.1 Å². The van der Waals surface area contributed by atoms with Crippen molar-refractivity contribution >= 4 is 82.4 Å². The molecule has 2 unspecified atom stereocenters. The van der Waals surface area contributed by atoms with Gasteiger partial charge in [0.2, 0.25) is 5.91 Å². The third-order valence-corrected chi connectivity index (χ3v) is 6.58. The first-order valence-corrected chi connectivity index (χ1v) is 13.3. The number of carboxylic acids is 6. The molecule has 20 heteroatoms. The Labute approximate surface area is 265 Å². The minimum atomic E-state index is -3.01. The van der Waals surface area contributed by atoms with Crippen LogP contribution in [0.5, 0.6) is 5.75 Å². The lowest BCUT2D eigenvalue weighted by Crippen LogP contribution is -2.28. The summed E-state index contributed by atoms with van der Waals surface area (Å²) in [6, 6.07) is 9.72. The quantitative estimate of drug-likeness (QED) is 0.137. The fraction of sp³-hybridized carbons (Fsp3) is 0.240. The highest BCUT2D eigenvalue weighted by Crippen LogP contribution is 2.25. The summed E-state index contributed by atoms with van der Waals surface area (Å²) < 4.78 is 27.5. The van der Waals surface area contributed by atoms with Crippen LogP contribution in [0.15, 0.2) is 42.5 Å². The van der Waals surface area contributed by atoms with Gasteiger partial charge in [-0.1, -0.05) is 35.3 Å². The van der Waals surface area contributed by atoms with Crippen LogP contribution in [-0.4, -0.2) is 89.5 Å². The molecule has 0 fully saturated rings. The van der Waals surface area contributed by atoms with Gasteiger partial charge in [-0.25, -0.2) is 4.79 Å². The van der Waals surface area contributed by atoms with E-state index in [0.29, 0.717) is 27.5 Å². The number of hydrogen-bond donors (Lipinski definition) is 7. The molecule has 2 aromatic carbocycles. The number of carbonyl (C=O) groups is 7. The Bertz CT molecular complexity index is 1360. The lowest BCUT2D eigenvalue weighted by atomic mass is 10.2. The van der Waals surface area contributed by atoms with Crippen molar-refractivity contribution < 1.29 is 77.7 Å². The number of thioether (sulfide) groups is 1. The summed E-state index contributed by atoms with van der Waals surface area (Å²) in [5.74, 6) is -9.20. The van der Waals surface area contributed by atoms with E-state index in [4.69, 9.17) is 53.8 Å². The predicted octanol–water partition coefficient (Wildman–Crippen LogP) is 3.97. The van der Waals surface area contributed by atoms with Gasteiger partial charge in [-0.2, -0.15) is 8.78 Å². The van der Waals surface area contributed by atoms with Crippen LogP contribution in [0.25, 0.3) is 0 Å². The average molecular weight is 702 g/mol. The first-order valence-electron chi connectivity index (χ1n) is 11.6. The third kappa shape index (κ3) is 17.9. The number of rotatable bonds is 14. The number of aromatic carboxylic acids is 1. The number of halogens is 4. The van der Waals surface area contributed by atoms with Crippen molar-refractivity contribution in [3.8, 4) is 5.75 Å². The van der Waals surface area contributed by atoms with E-state index >= 15 is 0 Å². The van der Waals surface area contributed by atoms with Crippen molar-refractivity contribution in [2.24, 2.45) is 0 Å². The van der Waals surface area contributed by atoms with Gasteiger partial charge in [0.1, 0.15) is 28.2 Å². The Balaban J connectivity index is 0.000000650. The van der Waals surface area contributed by atoms with Gasteiger partial charge in [0.25, 0.3) is 0 Å². The largest absolute Gasteiger partial charge is 0.481 e. The van der Waals surface area contributed by atoms with Gasteiger partial charge in [0, 0.05) is 5.69 Å². The number of para-hydroxylation sites is 1. The fourth-order valence-corrected chi connectivity index (χ4v) is 4.07. The van der Waals surface area contributed by atoms with E-state index in [1.54, 1.807) is 0 Å². The van der Waals surface area contributed by atoms with Crippen molar-refractivity contribution in [1.82, 2.24) is 0 Å². The summed E-state index contributed by atoms with van der Waals surface area (Å²) in [5.41, 5.74) is 0.137. The Morgan fingerprint density at radius 1 is 0.756 bits per heavy atom. The van der Waals surface area contributed by atoms with Crippen LogP contribution in [0.1, 0.15) is 29.6 Å². The Hall–Kier alpha value is -4.68. The van der Waals surface area contributed by atoms with E-state index in [1.165, 1.54) is 42.5 Å². The maximum absolute atomic E-state index is 11.7. The molecule has 2 aromatic rings. The highest BCUT2D eigenvalue weighted by molar-refractivity contribution is 8.01. The highest BCUT2D eigenvalue weighted by Gasteiger charge is 2.31. The molecule has 0 bridgehead atoms. The van der Waals surface area contributed by atoms with Crippen LogP contribution in [0, 0.1) is 0 Å². The molecule has 1 amide bonds. The molecule has 246 valence electrons. The molecular formula is C25H23Cl2F2NO14S. The summed E-state index contributed by atoms with van der Waals surface area (Å²) in [6.45, 7) is -3.01. The molecule has 2 rings (SSSR count). The number of alkyl halides is 2. The van der Waals surface area contributed by atoms with Crippen LogP contribution in [0.2, 0.25) is 10.0 Å². The number of aliphatic carboxylic acids is 5. The van der Waals surface area contributed by atoms with Gasteiger partial charge in [-0.05, 0) is 30.3 Å². The molecule has 0 aliphatic carbocycles. The van der Waals surface area contributed by atoms with Crippen LogP contribution < -0.4 is 10.1 Å². The van der Waals surface area contributed by atoms with E-state index in [9.17, 15) is 42.3 Å². The van der Waals surface area contributed by atoms with Gasteiger partial charge in [0.15, 0.2) is 0 Å². The molecule has 0 saturated heterocycles. The molecule has 0 aliphatic heterocycles. The molecule has 45 heavy (non-hydrogen) atoms. The number of ether oxygens (including phenoxy) is 1. The molecule has 0 spiro atoms. The standard InChI is InChI=1S/C9H7Cl2NO3.C8H6F2O3.C8H10O8S/c10-6-2-1-5(3-7(6)11)12-8(13)4-9(14)15;9-8(10)13-6-4-2-1-3-5(6)7(11)12;9-5(10)1-3(7(13)14)17-4(8(15)16)2-6(11)12/h1-3H,4H2,(H,12,13)(H,14,15);1-4,8H,(H,11,12);3-4H,1-2H2,(H,9,10)(H,11,12)(H,13,14)(H,15,16). The molecule has 0 saturated carbocycles. The zero-order valence-electron chi connectivity index (χ0n) is 22.3. The van der Waals surface area contributed by atoms with Crippen LogP contribution in [0.4, 0.5) is 14.5 Å². The van der Waals surface area contributed by atoms with Crippen molar-refractivity contribution in [2.75, 3.05) is 5.32 Å². The van der Waals surface area contributed by atoms with Gasteiger partial charge in [-0.15, -0.1) is 11.8 Å². The van der Waals surface area contributed by atoms with Crippen molar-refractivity contribution in [1.29, 1.82) is 0 Å². The normalized spacial score (nSPS) is 11.3. The highest BCUT2D eigenvalue weighted by atomic mass is 35.5. The molecule has 2 atom stereocenters. The fourth-order valence-electron chi connectivity index (χ4n) is 2.66. The predicted molar refractivity (Wildman–Crippen MR) is 152 cm³/mol. The number of carboxylic acid groups (broad SMARTS) is 6. The average Bonchev–Trinajstić information content (AvgIpc) is 2.89. The lowest BCUT2D eigenvalue weighted by molar-refractivity contribution is -0.143. The smallest absolute Gasteiger partial charge is 0.387 e. The Morgan fingerprint density at radius 2 is 1.27 bits per heavy atom. The van der Waals surface area contributed by atoms with Crippen molar-refractivity contribution in [3.05, 3.63) is 58.1 Å². The van der Waals surface area contributed by atoms with Gasteiger partial charge >= 0.3 is 42.4 Å². The molecule has 15 nitrogen and oxygen atoms in total. The minimum Gasteiger partial charge on any atom is -0.481 e. The van der Waals surface area contributed by atoms with Crippen molar-refractivity contribution in [2.45, 2.75) is 36.4 Å². The summed E-state index contributed by atoms with van der Waals surface area (Å²) in [7, 11) is 0. The molecule has 0 heterocycles. The minimum absolute atomic E-state index is 0.275. The zero-order chi connectivity index (χ0) is 34.9. The van der Waals surface area contributed by atoms with E-state index in [-0.39, 0.29) is 11.3 Å². The van der Waals surface area contributed by atoms with Crippen LogP contribution in [-0.2, 0) is 28.8 Å². The number of carbonyl (C=O) groups excluding carboxylic acids is 1.